The van der Waals surface area contributed by atoms with E-state index in [1.54, 1.807) is 4.90 Å². The summed E-state index contributed by atoms with van der Waals surface area (Å²) in [5, 5.41) is 2.80. The van der Waals surface area contributed by atoms with Gasteiger partial charge in [-0.15, -0.1) is 12.4 Å². The van der Waals surface area contributed by atoms with Gasteiger partial charge >= 0.3 is 6.03 Å². The fourth-order valence-corrected chi connectivity index (χ4v) is 2.82. The summed E-state index contributed by atoms with van der Waals surface area (Å²) in [7, 11) is 0. The first-order valence-electron chi connectivity index (χ1n) is 7.04. The molecule has 5 nitrogen and oxygen atoms in total. The summed E-state index contributed by atoms with van der Waals surface area (Å²) in [6.07, 6.45) is 4.48. The predicted molar refractivity (Wildman–Crippen MR) is 76.4 cm³/mol. The van der Waals surface area contributed by atoms with E-state index in [0.717, 1.165) is 12.8 Å². The molecule has 2 aliphatic rings. The van der Waals surface area contributed by atoms with Gasteiger partial charge in [-0.1, -0.05) is 12.8 Å². The van der Waals surface area contributed by atoms with Gasteiger partial charge in [-0.25, -0.2) is 4.79 Å². The molecular formula is C13H24ClN3O2. The van der Waals surface area contributed by atoms with Crippen LogP contribution in [0.5, 0.6) is 0 Å². The van der Waals surface area contributed by atoms with Gasteiger partial charge in [0.15, 0.2) is 0 Å². The number of hydrogen-bond donors (Lipinski definition) is 1. The van der Waals surface area contributed by atoms with E-state index in [1.165, 1.54) is 12.8 Å². The van der Waals surface area contributed by atoms with E-state index in [9.17, 15) is 9.59 Å². The van der Waals surface area contributed by atoms with Crippen molar-refractivity contribution in [1.82, 2.24) is 15.1 Å². The lowest BCUT2D eigenvalue weighted by molar-refractivity contribution is -0.136. The van der Waals surface area contributed by atoms with Crippen LogP contribution in [0.15, 0.2) is 0 Å². The van der Waals surface area contributed by atoms with Crippen molar-refractivity contribution in [1.29, 1.82) is 0 Å². The summed E-state index contributed by atoms with van der Waals surface area (Å²) in [5.74, 6) is 0.559. The highest BCUT2D eigenvalue weighted by Gasteiger charge is 2.30. The van der Waals surface area contributed by atoms with Crippen molar-refractivity contribution in [2.45, 2.75) is 32.6 Å². The number of nitrogens with zero attached hydrogens (tertiary/aromatic N) is 2. The summed E-state index contributed by atoms with van der Waals surface area (Å²) in [6.45, 7) is 5.26. The Morgan fingerprint density at radius 3 is 2.11 bits per heavy atom. The van der Waals surface area contributed by atoms with Gasteiger partial charge in [-0.05, 0) is 19.8 Å². The summed E-state index contributed by atoms with van der Waals surface area (Å²) in [6, 6.07) is -0.00883. The van der Waals surface area contributed by atoms with Crippen molar-refractivity contribution < 1.29 is 9.59 Å². The normalized spacial score (nSPS) is 20.1. The molecule has 1 N–H and O–H groups in total. The molecule has 0 atom stereocenters. The number of halogens is 1. The molecule has 6 heteroatoms. The quantitative estimate of drug-likeness (QED) is 0.837. The Morgan fingerprint density at radius 2 is 1.58 bits per heavy atom. The van der Waals surface area contributed by atoms with Crippen molar-refractivity contribution >= 4 is 24.3 Å². The number of urea groups is 1. The molecule has 3 amide bonds. The molecule has 19 heavy (non-hydrogen) atoms. The molecule has 1 aliphatic carbocycles. The summed E-state index contributed by atoms with van der Waals surface area (Å²) in [4.78, 5) is 27.6. The van der Waals surface area contributed by atoms with Crippen molar-refractivity contribution in [2.24, 2.45) is 5.92 Å². The molecular weight excluding hydrogens is 266 g/mol. The number of nitrogens with one attached hydrogen (secondary N) is 1. The number of rotatable bonds is 2. The van der Waals surface area contributed by atoms with Crippen molar-refractivity contribution in [2.75, 3.05) is 32.7 Å². The van der Waals surface area contributed by atoms with E-state index in [4.69, 9.17) is 0 Å². The third kappa shape index (κ3) is 4.00. The van der Waals surface area contributed by atoms with Crippen LogP contribution in [0.3, 0.4) is 0 Å². The van der Waals surface area contributed by atoms with Gasteiger partial charge in [0.05, 0.1) is 0 Å². The summed E-state index contributed by atoms with van der Waals surface area (Å²) >= 11 is 0. The first-order chi connectivity index (χ1) is 8.72. The molecule has 0 aromatic rings. The first-order valence-corrected chi connectivity index (χ1v) is 7.04. The maximum Gasteiger partial charge on any atom is 0.317 e. The van der Waals surface area contributed by atoms with Crippen molar-refractivity contribution in [3.05, 3.63) is 0 Å². The SMILES string of the molecule is CCNC(=O)N1CCN(C(=O)C2CCCC2)CC1.Cl. The van der Waals surface area contributed by atoms with Gasteiger partial charge in [0, 0.05) is 38.6 Å². The number of amides is 3. The standard InChI is InChI=1S/C13H23N3O2.ClH/c1-2-14-13(18)16-9-7-15(8-10-16)12(17)11-5-3-4-6-11;/h11H,2-10H2,1H3,(H,14,18);1H. The Labute approximate surface area is 121 Å². The zero-order valence-electron chi connectivity index (χ0n) is 11.6. The minimum Gasteiger partial charge on any atom is -0.339 e. The van der Waals surface area contributed by atoms with Crippen LogP contribution in [0, 0.1) is 5.92 Å². The van der Waals surface area contributed by atoms with Crippen LogP contribution in [0.2, 0.25) is 0 Å². The average Bonchev–Trinajstić information content (AvgIpc) is 2.92. The molecule has 110 valence electrons. The number of carbonyl (C=O) groups is 2. The van der Waals surface area contributed by atoms with Gasteiger partial charge in [0.2, 0.25) is 5.91 Å². The van der Waals surface area contributed by atoms with Crippen LogP contribution in [0.25, 0.3) is 0 Å². The largest absolute Gasteiger partial charge is 0.339 e. The van der Waals surface area contributed by atoms with Crippen molar-refractivity contribution in [3.8, 4) is 0 Å². The highest BCUT2D eigenvalue weighted by molar-refractivity contribution is 5.85. The van der Waals surface area contributed by atoms with Gasteiger partial charge in [-0.2, -0.15) is 0 Å². The molecule has 0 spiro atoms. The Hall–Kier alpha value is -0.970. The summed E-state index contributed by atoms with van der Waals surface area (Å²) in [5.41, 5.74) is 0. The molecule has 0 bridgehead atoms. The molecule has 0 aromatic heterocycles. The highest BCUT2D eigenvalue weighted by Crippen LogP contribution is 2.26. The average molecular weight is 290 g/mol. The maximum absolute atomic E-state index is 12.2. The molecule has 1 saturated heterocycles. The lowest BCUT2D eigenvalue weighted by Crippen LogP contribution is -2.54. The van der Waals surface area contributed by atoms with Crippen LogP contribution in [-0.4, -0.2) is 54.5 Å². The molecule has 0 unspecified atom stereocenters. The number of hydrogen-bond acceptors (Lipinski definition) is 2. The molecule has 2 rings (SSSR count). The zero-order chi connectivity index (χ0) is 13.0. The molecule has 1 heterocycles. The van der Waals surface area contributed by atoms with Crippen LogP contribution in [0.1, 0.15) is 32.6 Å². The maximum atomic E-state index is 12.2. The van der Waals surface area contributed by atoms with E-state index in [0.29, 0.717) is 38.6 Å². The van der Waals surface area contributed by atoms with Gasteiger partial charge < -0.3 is 15.1 Å². The molecule has 0 radical (unpaired) electrons. The minimum atomic E-state index is -0.00883. The topological polar surface area (TPSA) is 52.7 Å². The second-order valence-electron chi connectivity index (χ2n) is 5.13. The second-order valence-corrected chi connectivity index (χ2v) is 5.13. The van der Waals surface area contributed by atoms with Crippen LogP contribution >= 0.6 is 12.4 Å². The second kappa shape index (κ2) is 7.58. The Balaban J connectivity index is 0.00000180. The molecule has 0 aromatic carbocycles. The summed E-state index contributed by atoms with van der Waals surface area (Å²) < 4.78 is 0. The fraction of sp³-hybridized carbons (Fsp3) is 0.846. The fourth-order valence-electron chi connectivity index (χ4n) is 2.82. The van der Waals surface area contributed by atoms with Crippen LogP contribution in [-0.2, 0) is 4.79 Å². The number of piperazine rings is 1. The van der Waals surface area contributed by atoms with Crippen LogP contribution in [0.4, 0.5) is 4.79 Å². The zero-order valence-corrected chi connectivity index (χ0v) is 12.4. The van der Waals surface area contributed by atoms with E-state index in [-0.39, 0.29) is 24.4 Å². The van der Waals surface area contributed by atoms with Gasteiger partial charge in [0.25, 0.3) is 0 Å². The smallest absolute Gasteiger partial charge is 0.317 e. The lowest BCUT2D eigenvalue weighted by Gasteiger charge is -2.35. The third-order valence-corrected chi connectivity index (χ3v) is 3.91. The number of carbonyl (C=O) groups excluding carboxylic acids is 2. The minimum absolute atomic E-state index is 0. The van der Waals surface area contributed by atoms with E-state index in [1.807, 2.05) is 11.8 Å². The third-order valence-electron chi connectivity index (χ3n) is 3.91. The Bertz CT molecular complexity index is 311. The molecule has 2 fully saturated rings. The highest BCUT2D eigenvalue weighted by atomic mass is 35.5. The lowest BCUT2D eigenvalue weighted by atomic mass is 10.1. The first kappa shape index (κ1) is 16.1. The van der Waals surface area contributed by atoms with Crippen LogP contribution < -0.4 is 5.32 Å². The van der Waals surface area contributed by atoms with E-state index >= 15 is 0 Å². The Morgan fingerprint density at radius 1 is 1.05 bits per heavy atom. The molecule has 1 saturated carbocycles. The van der Waals surface area contributed by atoms with E-state index < -0.39 is 0 Å². The van der Waals surface area contributed by atoms with Gasteiger partial charge in [0.1, 0.15) is 0 Å². The van der Waals surface area contributed by atoms with E-state index in [2.05, 4.69) is 5.32 Å². The molecule has 1 aliphatic heterocycles. The monoisotopic (exact) mass is 289 g/mol. The van der Waals surface area contributed by atoms with Crippen molar-refractivity contribution in [3.63, 3.8) is 0 Å². The Kier molecular flexibility index (Phi) is 6.42. The predicted octanol–water partition coefficient (Wildman–Crippen LogP) is 1.47. The van der Waals surface area contributed by atoms with Gasteiger partial charge in [-0.3, -0.25) is 4.79 Å².